The Balaban J connectivity index is 1.30. The number of fused-ring (bicyclic) bond motifs is 1. The lowest BCUT2D eigenvalue weighted by Crippen LogP contribution is -2.27. The van der Waals surface area contributed by atoms with E-state index in [4.69, 9.17) is 0 Å². The fourth-order valence-corrected chi connectivity index (χ4v) is 5.89. The lowest BCUT2D eigenvalue weighted by molar-refractivity contribution is 0.289. The number of sulfone groups is 1. The Morgan fingerprint density at radius 2 is 1.79 bits per heavy atom. The molecule has 3 aromatic rings. The van der Waals surface area contributed by atoms with Crippen molar-refractivity contribution in [3.05, 3.63) is 59.2 Å². The smallest absolute Gasteiger partial charge is 0.191 e. The van der Waals surface area contributed by atoms with Crippen molar-refractivity contribution < 1.29 is 17.2 Å². The van der Waals surface area contributed by atoms with E-state index in [0.717, 1.165) is 56.3 Å². The van der Waals surface area contributed by atoms with Crippen LogP contribution in [0, 0.1) is 11.6 Å². The topological polar surface area (TPSA) is 68.1 Å². The number of halogens is 2. The van der Waals surface area contributed by atoms with Gasteiger partial charge in [0.25, 0.3) is 0 Å². The molecule has 2 aromatic carbocycles. The van der Waals surface area contributed by atoms with Gasteiger partial charge in [-0.05, 0) is 61.2 Å². The Morgan fingerprint density at radius 3 is 2.53 bits per heavy atom. The highest BCUT2D eigenvalue weighted by molar-refractivity contribution is 7.99. The highest BCUT2D eigenvalue weighted by atomic mass is 32.2. The molecule has 0 bridgehead atoms. The van der Waals surface area contributed by atoms with Crippen LogP contribution in [0.5, 0.6) is 0 Å². The third-order valence-electron chi connectivity index (χ3n) is 6.17. The van der Waals surface area contributed by atoms with Crippen molar-refractivity contribution in [1.82, 2.24) is 19.7 Å². The summed E-state index contributed by atoms with van der Waals surface area (Å²) in [5, 5.41) is 8.94. The summed E-state index contributed by atoms with van der Waals surface area (Å²) in [6.07, 6.45) is 2.69. The molecule has 0 saturated heterocycles. The SMILES string of the molecule is CCS(=O)(=O)c1ccc2c(c1)CCN(CCCSc1nnc(-c3ccc(F)cc3F)n1C)CC2. The summed E-state index contributed by atoms with van der Waals surface area (Å²) in [5.41, 5.74) is 2.58. The summed E-state index contributed by atoms with van der Waals surface area (Å²) in [4.78, 5) is 2.83. The lowest BCUT2D eigenvalue weighted by Gasteiger charge is -2.19. The number of thioether (sulfide) groups is 1. The molecule has 0 radical (unpaired) electrons. The van der Waals surface area contributed by atoms with Gasteiger partial charge in [0.15, 0.2) is 20.8 Å². The molecule has 1 aliphatic rings. The minimum absolute atomic E-state index is 0.113. The van der Waals surface area contributed by atoms with E-state index >= 15 is 0 Å². The molecule has 0 fully saturated rings. The van der Waals surface area contributed by atoms with Crippen LogP contribution >= 0.6 is 11.8 Å². The number of hydrogen-bond donors (Lipinski definition) is 0. The Bertz CT molecular complexity index is 1280. The quantitative estimate of drug-likeness (QED) is 0.338. The Morgan fingerprint density at radius 1 is 1.03 bits per heavy atom. The molecule has 4 rings (SSSR count). The van der Waals surface area contributed by atoms with Gasteiger partial charge < -0.3 is 9.47 Å². The van der Waals surface area contributed by atoms with Crippen molar-refractivity contribution in [3.8, 4) is 11.4 Å². The standard InChI is InChI=1S/C24H28F2N4O2S2/c1-3-34(31,32)20-7-5-17-9-12-30(13-10-18(17)15-20)11-4-14-33-24-28-27-23(29(24)2)21-8-6-19(25)16-22(21)26/h5-8,15-16H,3-4,9-14H2,1-2H3. The van der Waals surface area contributed by atoms with Gasteiger partial charge in [-0.15, -0.1) is 10.2 Å². The van der Waals surface area contributed by atoms with Crippen LogP contribution in [0.3, 0.4) is 0 Å². The molecule has 1 aromatic heterocycles. The highest BCUT2D eigenvalue weighted by Gasteiger charge is 2.19. The molecule has 0 amide bonds. The molecular weight excluding hydrogens is 478 g/mol. The van der Waals surface area contributed by atoms with Crippen LogP contribution in [0.15, 0.2) is 46.5 Å². The van der Waals surface area contributed by atoms with Crippen LogP contribution in [0.4, 0.5) is 8.78 Å². The van der Waals surface area contributed by atoms with Gasteiger partial charge >= 0.3 is 0 Å². The molecule has 0 saturated carbocycles. The first kappa shape index (κ1) is 24.8. The summed E-state index contributed by atoms with van der Waals surface area (Å²) in [7, 11) is -1.41. The molecule has 10 heteroatoms. The van der Waals surface area contributed by atoms with E-state index in [9.17, 15) is 17.2 Å². The first-order chi connectivity index (χ1) is 16.3. The van der Waals surface area contributed by atoms with Gasteiger partial charge in [-0.25, -0.2) is 17.2 Å². The van der Waals surface area contributed by atoms with Gasteiger partial charge in [0.1, 0.15) is 11.6 Å². The van der Waals surface area contributed by atoms with E-state index in [1.807, 2.05) is 12.1 Å². The van der Waals surface area contributed by atoms with Gasteiger partial charge in [-0.2, -0.15) is 0 Å². The second kappa shape index (κ2) is 10.5. The first-order valence-electron chi connectivity index (χ1n) is 11.3. The van der Waals surface area contributed by atoms with E-state index in [2.05, 4.69) is 15.1 Å². The largest absolute Gasteiger partial charge is 0.305 e. The van der Waals surface area contributed by atoms with Crippen molar-refractivity contribution in [3.63, 3.8) is 0 Å². The molecule has 0 atom stereocenters. The maximum absolute atomic E-state index is 14.1. The van der Waals surface area contributed by atoms with Gasteiger partial charge in [0, 0.05) is 32.0 Å². The Labute approximate surface area is 203 Å². The molecule has 0 N–H and O–H groups in total. The third kappa shape index (κ3) is 5.50. The van der Waals surface area contributed by atoms with Crippen molar-refractivity contribution >= 4 is 21.6 Å². The van der Waals surface area contributed by atoms with Crippen LogP contribution in [0.25, 0.3) is 11.4 Å². The lowest BCUT2D eigenvalue weighted by atomic mass is 10.0. The normalized spacial score (nSPS) is 14.7. The molecule has 2 heterocycles. The summed E-state index contributed by atoms with van der Waals surface area (Å²) >= 11 is 1.56. The second-order valence-electron chi connectivity index (χ2n) is 8.37. The zero-order valence-electron chi connectivity index (χ0n) is 19.3. The molecule has 0 unspecified atom stereocenters. The molecular formula is C24H28F2N4O2S2. The summed E-state index contributed by atoms with van der Waals surface area (Å²) in [5.74, 6) is 0.0335. The van der Waals surface area contributed by atoms with Gasteiger partial charge in [-0.3, -0.25) is 0 Å². The average molecular weight is 507 g/mol. The van der Waals surface area contributed by atoms with Crippen molar-refractivity contribution in [2.24, 2.45) is 7.05 Å². The van der Waals surface area contributed by atoms with Gasteiger partial charge in [0.05, 0.1) is 16.2 Å². The van der Waals surface area contributed by atoms with E-state index in [-0.39, 0.29) is 11.3 Å². The molecule has 182 valence electrons. The number of aromatic nitrogens is 3. The minimum atomic E-state index is -3.19. The van der Waals surface area contributed by atoms with Crippen LogP contribution in [0.2, 0.25) is 0 Å². The summed E-state index contributed by atoms with van der Waals surface area (Å²) in [6, 6.07) is 8.98. The van der Waals surface area contributed by atoms with Crippen LogP contribution in [-0.2, 0) is 29.7 Å². The monoisotopic (exact) mass is 506 g/mol. The fourth-order valence-electron chi connectivity index (χ4n) is 4.13. The molecule has 6 nitrogen and oxygen atoms in total. The van der Waals surface area contributed by atoms with E-state index < -0.39 is 21.5 Å². The molecule has 34 heavy (non-hydrogen) atoms. The third-order valence-corrected chi connectivity index (χ3v) is 9.01. The number of rotatable bonds is 8. The van der Waals surface area contributed by atoms with E-state index in [1.165, 1.54) is 17.7 Å². The van der Waals surface area contributed by atoms with E-state index in [0.29, 0.717) is 15.9 Å². The average Bonchev–Trinajstić information content (AvgIpc) is 3.05. The van der Waals surface area contributed by atoms with Crippen LogP contribution in [-0.4, -0.2) is 59.2 Å². The predicted molar refractivity (Wildman–Crippen MR) is 130 cm³/mol. The number of benzene rings is 2. The van der Waals surface area contributed by atoms with Crippen molar-refractivity contribution in [2.75, 3.05) is 31.1 Å². The maximum Gasteiger partial charge on any atom is 0.191 e. The zero-order chi connectivity index (χ0) is 24.3. The fraction of sp³-hybridized carbons (Fsp3) is 0.417. The van der Waals surface area contributed by atoms with Crippen LogP contribution in [0.1, 0.15) is 24.5 Å². The van der Waals surface area contributed by atoms with Gasteiger partial charge in [-0.1, -0.05) is 24.8 Å². The summed E-state index contributed by atoms with van der Waals surface area (Å²) < 4.78 is 53.4. The molecule has 1 aliphatic heterocycles. The molecule has 0 aliphatic carbocycles. The van der Waals surface area contributed by atoms with Crippen LogP contribution < -0.4 is 0 Å². The number of nitrogens with zero attached hydrogens (tertiary/aromatic N) is 4. The highest BCUT2D eigenvalue weighted by Crippen LogP contribution is 2.26. The number of hydrogen-bond acceptors (Lipinski definition) is 6. The van der Waals surface area contributed by atoms with Gasteiger partial charge in [0.2, 0.25) is 0 Å². The second-order valence-corrected chi connectivity index (χ2v) is 11.7. The minimum Gasteiger partial charge on any atom is -0.305 e. The Hall–Kier alpha value is -2.30. The summed E-state index contributed by atoms with van der Waals surface area (Å²) in [6.45, 7) is 4.43. The van der Waals surface area contributed by atoms with Crippen molar-refractivity contribution in [2.45, 2.75) is 36.2 Å². The predicted octanol–water partition coefficient (Wildman–Crippen LogP) is 4.14. The molecule has 0 spiro atoms. The zero-order valence-corrected chi connectivity index (χ0v) is 20.9. The maximum atomic E-state index is 14.1. The van der Waals surface area contributed by atoms with E-state index in [1.54, 1.807) is 36.4 Å². The van der Waals surface area contributed by atoms with Crippen molar-refractivity contribution in [1.29, 1.82) is 0 Å². The Kier molecular flexibility index (Phi) is 7.69. The first-order valence-corrected chi connectivity index (χ1v) is 14.0.